The van der Waals surface area contributed by atoms with Crippen molar-refractivity contribution >= 4 is 27.5 Å². The first-order valence-electron chi connectivity index (χ1n) is 11.3. The van der Waals surface area contributed by atoms with Crippen LogP contribution in [0.15, 0.2) is 78.9 Å². The van der Waals surface area contributed by atoms with Gasteiger partial charge in [-0.05, 0) is 36.6 Å². The van der Waals surface area contributed by atoms with Gasteiger partial charge < -0.3 is 9.84 Å². The smallest absolute Gasteiger partial charge is 0.320 e. The number of thiazole rings is 1. The molecule has 0 radical (unpaired) electrons. The van der Waals surface area contributed by atoms with Gasteiger partial charge in [-0.2, -0.15) is 0 Å². The number of piperidine rings is 1. The highest BCUT2D eigenvalue weighted by Crippen LogP contribution is 2.41. The van der Waals surface area contributed by atoms with Gasteiger partial charge >= 0.3 is 5.97 Å². The molecule has 168 valence electrons. The summed E-state index contributed by atoms with van der Waals surface area (Å²) in [6.45, 7) is 1.16. The fourth-order valence-electron chi connectivity index (χ4n) is 4.56. The predicted octanol–water partition coefficient (Wildman–Crippen LogP) is 5.90. The number of aliphatic carboxylic acids is 1. The highest BCUT2D eigenvalue weighted by Gasteiger charge is 2.37. The van der Waals surface area contributed by atoms with Gasteiger partial charge in [0.05, 0.1) is 16.3 Å². The van der Waals surface area contributed by atoms with E-state index in [1.54, 1.807) is 11.3 Å². The molecule has 5 nitrogen and oxygen atoms in total. The molecule has 33 heavy (non-hydrogen) atoms. The molecule has 0 spiro atoms. The van der Waals surface area contributed by atoms with Crippen molar-refractivity contribution in [1.82, 2.24) is 9.88 Å². The Morgan fingerprint density at radius 1 is 1.03 bits per heavy atom. The number of para-hydroxylation sites is 2. The molecule has 4 aromatic rings. The maximum Gasteiger partial charge on any atom is 0.320 e. The third-order valence-electron chi connectivity index (χ3n) is 6.16. The number of carbonyl (C=O) groups is 1. The first kappa shape index (κ1) is 21.6. The highest BCUT2D eigenvalue weighted by molar-refractivity contribution is 7.18. The molecule has 1 aliphatic rings. The lowest BCUT2D eigenvalue weighted by Gasteiger charge is -2.38. The standard InChI is InChI=1S/C27H26N2O3S/c30-27(31)22-14-8-9-17-29(22)25(26-28-21-13-5-7-16-24(21)33-26)20-12-4-6-15-23(20)32-18-19-10-2-1-3-11-19/h1-7,10-13,15-16,22,25H,8-9,14,17-18H2,(H,30,31). The molecule has 0 amide bonds. The van der Waals surface area contributed by atoms with E-state index in [1.807, 2.05) is 72.8 Å². The minimum absolute atomic E-state index is 0.282. The number of ether oxygens (including phenoxy) is 1. The fraction of sp³-hybridized carbons (Fsp3) is 0.259. The first-order chi connectivity index (χ1) is 16.2. The molecule has 3 aromatic carbocycles. The Balaban J connectivity index is 1.58. The molecule has 1 aliphatic heterocycles. The van der Waals surface area contributed by atoms with Crippen molar-refractivity contribution in [3.63, 3.8) is 0 Å². The lowest BCUT2D eigenvalue weighted by atomic mass is 9.96. The number of rotatable bonds is 7. The van der Waals surface area contributed by atoms with E-state index >= 15 is 0 Å². The molecule has 2 atom stereocenters. The van der Waals surface area contributed by atoms with Crippen molar-refractivity contribution in [1.29, 1.82) is 0 Å². The number of likely N-dealkylation sites (tertiary alicyclic amines) is 1. The average molecular weight is 459 g/mol. The Morgan fingerprint density at radius 2 is 1.79 bits per heavy atom. The van der Waals surface area contributed by atoms with Crippen molar-refractivity contribution in [2.45, 2.75) is 38.0 Å². The van der Waals surface area contributed by atoms with E-state index in [9.17, 15) is 9.90 Å². The van der Waals surface area contributed by atoms with Crippen LogP contribution in [0, 0.1) is 0 Å². The molecule has 0 aliphatic carbocycles. The molecular weight excluding hydrogens is 432 g/mol. The third-order valence-corrected chi connectivity index (χ3v) is 7.24. The van der Waals surface area contributed by atoms with Crippen LogP contribution in [0.3, 0.4) is 0 Å². The van der Waals surface area contributed by atoms with Crippen LogP contribution in [0.1, 0.15) is 41.4 Å². The van der Waals surface area contributed by atoms with Gasteiger partial charge in [-0.25, -0.2) is 4.98 Å². The maximum atomic E-state index is 12.2. The van der Waals surface area contributed by atoms with E-state index in [2.05, 4.69) is 11.0 Å². The first-order valence-corrected chi connectivity index (χ1v) is 12.1. The van der Waals surface area contributed by atoms with Gasteiger partial charge in [0.1, 0.15) is 23.4 Å². The van der Waals surface area contributed by atoms with E-state index in [1.165, 1.54) is 0 Å². The minimum atomic E-state index is -0.775. The molecule has 2 unspecified atom stereocenters. The quantitative estimate of drug-likeness (QED) is 0.373. The molecular formula is C27H26N2O3S. The van der Waals surface area contributed by atoms with Crippen LogP contribution < -0.4 is 4.74 Å². The monoisotopic (exact) mass is 458 g/mol. The summed E-state index contributed by atoms with van der Waals surface area (Å²) in [5.41, 5.74) is 2.99. The minimum Gasteiger partial charge on any atom is -0.489 e. The number of hydrogen-bond donors (Lipinski definition) is 1. The van der Waals surface area contributed by atoms with E-state index in [0.717, 1.165) is 44.9 Å². The zero-order chi connectivity index (χ0) is 22.6. The number of carboxylic acid groups (broad SMARTS) is 1. The van der Waals surface area contributed by atoms with Crippen LogP contribution in [0.25, 0.3) is 10.2 Å². The lowest BCUT2D eigenvalue weighted by Crippen LogP contribution is -2.46. The Labute approximate surface area is 197 Å². The molecule has 5 rings (SSSR count). The number of nitrogens with zero attached hydrogens (tertiary/aromatic N) is 2. The summed E-state index contributed by atoms with van der Waals surface area (Å²) in [4.78, 5) is 19.3. The molecule has 1 N–H and O–H groups in total. The summed E-state index contributed by atoms with van der Waals surface area (Å²) >= 11 is 1.63. The normalized spacial score (nSPS) is 17.6. The summed E-state index contributed by atoms with van der Waals surface area (Å²) in [5, 5.41) is 10.9. The van der Waals surface area contributed by atoms with Crippen molar-refractivity contribution in [2.75, 3.05) is 6.54 Å². The van der Waals surface area contributed by atoms with Gasteiger partial charge in [0.25, 0.3) is 0 Å². The molecule has 1 fully saturated rings. The van der Waals surface area contributed by atoms with Crippen LogP contribution in [0.5, 0.6) is 5.75 Å². The summed E-state index contributed by atoms with van der Waals surface area (Å²) in [6, 6.07) is 25.3. The van der Waals surface area contributed by atoms with Crippen LogP contribution in [-0.2, 0) is 11.4 Å². The van der Waals surface area contributed by atoms with Crippen molar-refractivity contribution in [2.24, 2.45) is 0 Å². The molecule has 0 bridgehead atoms. The molecule has 1 saturated heterocycles. The molecule has 6 heteroatoms. The number of benzene rings is 3. The van der Waals surface area contributed by atoms with E-state index in [-0.39, 0.29) is 6.04 Å². The lowest BCUT2D eigenvalue weighted by molar-refractivity contribution is -0.145. The van der Waals surface area contributed by atoms with Gasteiger partial charge in [0, 0.05) is 12.1 Å². The second-order valence-electron chi connectivity index (χ2n) is 8.32. The van der Waals surface area contributed by atoms with E-state index in [4.69, 9.17) is 9.72 Å². The fourth-order valence-corrected chi connectivity index (χ4v) is 5.67. The summed E-state index contributed by atoms with van der Waals surface area (Å²) in [6.07, 6.45) is 2.54. The van der Waals surface area contributed by atoms with Gasteiger partial charge in [-0.15, -0.1) is 11.3 Å². The zero-order valence-electron chi connectivity index (χ0n) is 18.3. The molecule has 1 aromatic heterocycles. The van der Waals surface area contributed by atoms with Gasteiger partial charge in [0.15, 0.2) is 0 Å². The van der Waals surface area contributed by atoms with Gasteiger partial charge in [-0.3, -0.25) is 9.69 Å². The summed E-state index contributed by atoms with van der Waals surface area (Å²) in [5.74, 6) is -0.0104. The van der Waals surface area contributed by atoms with Crippen LogP contribution in [0.4, 0.5) is 0 Å². The third kappa shape index (κ3) is 4.63. The SMILES string of the molecule is O=C(O)C1CCCCN1C(c1nc2ccccc2s1)c1ccccc1OCc1ccccc1. The van der Waals surface area contributed by atoms with Crippen molar-refractivity contribution in [3.8, 4) is 5.75 Å². The summed E-state index contributed by atoms with van der Waals surface area (Å²) < 4.78 is 7.39. The Hall–Kier alpha value is -3.22. The average Bonchev–Trinajstić information content (AvgIpc) is 3.28. The number of fused-ring (bicyclic) bond motifs is 1. The van der Waals surface area contributed by atoms with Gasteiger partial charge in [0.2, 0.25) is 0 Å². The van der Waals surface area contributed by atoms with Crippen LogP contribution in [0.2, 0.25) is 0 Å². The molecule has 0 saturated carbocycles. The number of carboxylic acids is 1. The Kier molecular flexibility index (Phi) is 6.37. The number of aromatic nitrogens is 1. The van der Waals surface area contributed by atoms with Crippen LogP contribution >= 0.6 is 11.3 Å². The van der Waals surface area contributed by atoms with Crippen molar-refractivity contribution < 1.29 is 14.6 Å². The largest absolute Gasteiger partial charge is 0.489 e. The topological polar surface area (TPSA) is 62.7 Å². The van der Waals surface area contributed by atoms with Crippen LogP contribution in [-0.4, -0.2) is 33.5 Å². The molecule has 2 heterocycles. The number of hydrogen-bond acceptors (Lipinski definition) is 5. The predicted molar refractivity (Wildman–Crippen MR) is 131 cm³/mol. The van der Waals surface area contributed by atoms with Gasteiger partial charge in [-0.1, -0.05) is 67.1 Å². The second-order valence-corrected chi connectivity index (χ2v) is 9.38. The second kappa shape index (κ2) is 9.73. The Morgan fingerprint density at radius 3 is 2.61 bits per heavy atom. The zero-order valence-corrected chi connectivity index (χ0v) is 19.1. The van der Waals surface area contributed by atoms with E-state index < -0.39 is 12.0 Å². The Bertz CT molecular complexity index is 1210. The maximum absolute atomic E-state index is 12.2. The summed E-state index contributed by atoms with van der Waals surface area (Å²) in [7, 11) is 0. The highest BCUT2D eigenvalue weighted by atomic mass is 32.1. The van der Waals surface area contributed by atoms with E-state index in [0.29, 0.717) is 19.6 Å². The van der Waals surface area contributed by atoms with Crippen molar-refractivity contribution in [3.05, 3.63) is 95.0 Å².